The summed E-state index contributed by atoms with van der Waals surface area (Å²) < 4.78 is 44.1. The Morgan fingerprint density at radius 2 is 1.66 bits per heavy atom. The topological polar surface area (TPSA) is 103 Å². The summed E-state index contributed by atoms with van der Waals surface area (Å²) in [6.45, 7) is 9.42. The van der Waals surface area contributed by atoms with Crippen LogP contribution in [0, 0.1) is 11.6 Å². The lowest BCUT2D eigenvalue weighted by Gasteiger charge is -2.34. The van der Waals surface area contributed by atoms with Crippen molar-refractivity contribution in [3.05, 3.63) is 47.2 Å². The predicted molar refractivity (Wildman–Crippen MR) is 111 cm³/mol. The molecule has 1 saturated heterocycles. The standard InChI is InChI=1S/C22H28F2N2O6/c1-21(2,3)31-19(28)25-10-14-16(27)11-30-18(13-9-12(23)7-8-15(13)24)17(14)26-20(29)32-22(4,5)6/h7-10,17-18H,11H2,1-6H3,(H,25,28)(H,26,29)/t17-,18+/m0/s1. The van der Waals surface area contributed by atoms with Gasteiger partial charge in [0.1, 0.15) is 35.5 Å². The molecule has 0 saturated carbocycles. The van der Waals surface area contributed by atoms with Crippen LogP contribution in [0.5, 0.6) is 0 Å². The van der Waals surface area contributed by atoms with E-state index in [9.17, 15) is 23.2 Å². The van der Waals surface area contributed by atoms with Gasteiger partial charge in [0, 0.05) is 17.3 Å². The molecule has 0 spiro atoms. The summed E-state index contributed by atoms with van der Waals surface area (Å²) in [5.41, 5.74) is -1.95. The molecule has 2 N–H and O–H groups in total. The van der Waals surface area contributed by atoms with Crippen LogP contribution in [0.4, 0.5) is 18.4 Å². The van der Waals surface area contributed by atoms with Gasteiger partial charge in [0.05, 0.1) is 6.04 Å². The second-order valence-electron chi connectivity index (χ2n) is 9.19. The van der Waals surface area contributed by atoms with E-state index in [2.05, 4.69) is 10.6 Å². The maximum atomic E-state index is 14.5. The lowest BCUT2D eigenvalue weighted by molar-refractivity contribution is -0.127. The Morgan fingerprint density at radius 3 is 2.25 bits per heavy atom. The molecule has 1 aromatic carbocycles. The van der Waals surface area contributed by atoms with Gasteiger partial charge >= 0.3 is 12.2 Å². The number of carbonyl (C=O) groups excluding carboxylic acids is 3. The molecule has 0 radical (unpaired) electrons. The maximum Gasteiger partial charge on any atom is 0.411 e. The van der Waals surface area contributed by atoms with Crippen LogP contribution < -0.4 is 10.6 Å². The van der Waals surface area contributed by atoms with Gasteiger partial charge in [0.15, 0.2) is 5.78 Å². The summed E-state index contributed by atoms with van der Waals surface area (Å²) in [4.78, 5) is 37.0. The molecule has 1 aliphatic heterocycles. The highest BCUT2D eigenvalue weighted by molar-refractivity contribution is 5.99. The summed E-state index contributed by atoms with van der Waals surface area (Å²) in [7, 11) is 0. The van der Waals surface area contributed by atoms with Crippen molar-refractivity contribution in [3.8, 4) is 0 Å². The fourth-order valence-corrected chi connectivity index (χ4v) is 2.89. The normalized spacial score (nSPS) is 20.6. The number of benzene rings is 1. The molecule has 1 aromatic rings. The smallest absolute Gasteiger partial charge is 0.411 e. The van der Waals surface area contributed by atoms with Crippen molar-refractivity contribution in [2.24, 2.45) is 0 Å². The summed E-state index contributed by atoms with van der Waals surface area (Å²) in [5.74, 6) is -2.09. The van der Waals surface area contributed by atoms with E-state index < -0.39 is 59.6 Å². The number of ether oxygens (including phenoxy) is 3. The highest BCUT2D eigenvalue weighted by Gasteiger charge is 2.39. The van der Waals surface area contributed by atoms with E-state index in [1.54, 1.807) is 41.5 Å². The number of amides is 2. The van der Waals surface area contributed by atoms with Gasteiger partial charge in [-0.15, -0.1) is 0 Å². The molecule has 32 heavy (non-hydrogen) atoms. The van der Waals surface area contributed by atoms with Gasteiger partial charge in [-0.3, -0.25) is 10.1 Å². The molecule has 1 heterocycles. The molecule has 0 bridgehead atoms. The molecular weight excluding hydrogens is 426 g/mol. The fraction of sp³-hybridized carbons (Fsp3) is 0.500. The van der Waals surface area contributed by atoms with Crippen LogP contribution >= 0.6 is 0 Å². The van der Waals surface area contributed by atoms with Crippen LogP contribution in [0.25, 0.3) is 0 Å². The monoisotopic (exact) mass is 454 g/mol. The van der Waals surface area contributed by atoms with Crippen molar-refractivity contribution < 1.29 is 37.4 Å². The summed E-state index contributed by atoms with van der Waals surface area (Å²) in [6, 6.07) is 1.48. The fourth-order valence-electron chi connectivity index (χ4n) is 2.89. The predicted octanol–water partition coefficient (Wildman–Crippen LogP) is 3.91. The van der Waals surface area contributed by atoms with Gasteiger partial charge < -0.3 is 19.5 Å². The number of Topliss-reactive ketones (excluding diaryl/α,β-unsaturated/α-hetero) is 1. The first-order valence-electron chi connectivity index (χ1n) is 9.95. The van der Waals surface area contributed by atoms with Gasteiger partial charge in [-0.2, -0.15) is 0 Å². The van der Waals surface area contributed by atoms with Crippen molar-refractivity contribution in [1.82, 2.24) is 10.6 Å². The van der Waals surface area contributed by atoms with E-state index in [-0.39, 0.29) is 11.1 Å². The second-order valence-corrected chi connectivity index (χ2v) is 9.19. The number of alkyl carbamates (subject to hydrolysis) is 2. The van der Waals surface area contributed by atoms with E-state index >= 15 is 0 Å². The number of halogens is 2. The summed E-state index contributed by atoms with van der Waals surface area (Å²) >= 11 is 0. The molecule has 0 aliphatic carbocycles. The zero-order chi connectivity index (χ0) is 24.3. The van der Waals surface area contributed by atoms with Gasteiger partial charge in [-0.25, -0.2) is 18.4 Å². The van der Waals surface area contributed by atoms with Crippen molar-refractivity contribution in [3.63, 3.8) is 0 Å². The van der Waals surface area contributed by atoms with Crippen molar-refractivity contribution in [2.45, 2.75) is 64.9 Å². The number of carbonyl (C=O) groups is 3. The molecule has 10 heteroatoms. The van der Waals surface area contributed by atoms with E-state index in [1.165, 1.54) is 0 Å². The minimum absolute atomic E-state index is 0.0957. The maximum absolute atomic E-state index is 14.5. The number of hydrogen-bond donors (Lipinski definition) is 2. The van der Waals surface area contributed by atoms with E-state index in [0.29, 0.717) is 0 Å². The van der Waals surface area contributed by atoms with Gasteiger partial charge in [0.25, 0.3) is 0 Å². The first-order chi connectivity index (χ1) is 14.7. The summed E-state index contributed by atoms with van der Waals surface area (Å²) in [6.07, 6.45) is -1.95. The highest BCUT2D eigenvalue weighted by atomic mass is 19.1. The zero-order valence-corrected chi connectivity index (χ0v) is 18.9. The van der Waals surface area contributed by atoms with Gasteiger partial charge in [-0.05, 0) is 59.7 Å². The van der Waals surface area contributed by atoms with E-state index in [1.807, 2.05) is 0 Å². The second kappa shape index (κ2) is 9.64. The molecular formula is C22H28F2N2O6. The van der Waals surface area contributed by atoms with Crippen LogP contribution in [0.2, 0.25) is 0 Å². The van der Waals surface area contributed by atoms with Crippen LogP contribution in [-0.4, -0.2) is 41.8 Å². The van der Waals surface area contributed by atoms with Crippen molar-refractivity contribution in [1.29, 1.82) is 0 Å². The third kappa shape index (κ3) is 7.30. The van der Waals surface area contributed by atoms with Crippen LogP contribution in [0.15, 0.2) is 30.0 Å². The van der Waals surface area contributed by atoms with Crippen LogP contribution in [0.3, 0.4) is 0 Å². The minimum atomic E-state index is -1.28. The molecule has 1 fully saturated rings. The number of ketones is 1. The molecule has 176 valence electrons. The quantitative estimate of drug-likeness (QED) is 0.672. The molecule has 1 aliphatic rings. The molecule has 8 nitrogen and oxygen atoms in total. The Labute approximate surface area is 185 Å². The average Bonchev–Trinajstić information content (AvgIpc) is 2.60. The number of nitrogens with one attached hydrogen (secondary N) is 2. The Morgan fingerprint density at radius 1 is 1.06 bits per heavy atom. The molecule has 0 aromatic heterocycles. The van der Waals surface area contributed by atoms with E-state index in [0.717, 1.165) is 24.4 Å². The highest BCUT2D eigenvalue weighted by Crippen LogP contribution is 2.32. The Kier molecular flexibility index (Phi) is 7.61. The average molecular weight is 454 g/mol. The molecule has 2 amide bonds. The van der Waals surface area contributed by atoms with Crippen LogP contribution in [0.1, 0.15) is 53.2 Å². The SMILES string of the molecule is CC(C)(C)OC(=O)NC=C1C(=O)CO[C@H](c2cc(F)ccc2F)[C@H]1NC(=O)OC(C)(C)C. The molecule has 0 unspecified atom stereocenters. The summed E-state index contributed by atoms with van der Waals surface area (Å²) in [5, 5.41) is 4.80. The van der Waals surface area contributed by atoms with Crippen molar-refractivity contribution >= 4 is 18.0 Å². The van der Waals surface area contributed by atoms with Gasteiger partial charge in [0.2, 0.25) is 0 Å². The largest absolute Gasteiger partial charge is 0.444 e. The van der Waals surface area contributed by atoms with Crippen LogP contribution in [-0.2, 0) is 19.0 Å². The Bertz CT molecular complexity index is 918. The number of hydrogen-bond acceptors (Lipinski definition) is 6. The zero-order valence-electron chi connectivity index (χ0n) is 18.9. The first-order valence-corrected chi connectivity index (χ1v) is 9.95. The lowest BCUT2D eigenvalue weighted by atomic mass is 9.91. The molecule has 2 atom stereocenters. The third-order valence-corrected chi connectivity index (χ3v) is 4.03. The minimum Gasteiger partial charge on any atom is -0.444 e. The first kappa shape index (κ1) is 25.3. The lowest BCUT2D eigenvalue weighted by Crippen LogP contribution is -2.49. The van der Waals surface area contributed by atoms with Gasteiger partial charge in [-0.1, -0.05) is 0 Å². The number of rotatable bonds is 3. The van der Waals surface area contributed by atoms with E-state index in [4.69, 9.17) is 14.2 Å². The Balaban J connectivity index is 2.42. The Hall–Kier alpha value is -3.01. The third-order valence-electron chi connectivity index (χ3n) is 4.03. The molecule has 2 rings (SSSR count). The van der Waals surface area contributed by atoms with Crippen molar-refractivity contribution in [2.75, 3.05) is 6.61 Å².